The van der Waals surface area contributed by atoms with E-state index in [9.17, 15) is 27.4 Å². The third-order valence-corrected chi connectivity index (χ3v) is 11.6. The van der Waals surface area contributed by atoms with Crippen LogP contribution < -0.4 is 10.2 Å². The summed E-state index contributed by atoms with van der Waals surface area (Å²) < 4.78 is 41.3. The van der Waals surface area contributed by atoms with E-state index in [0.717, 1.165) is 46.5 Å². The Bertz CT molecular complexity index is 2210. The summed E-state index contributed by atoms with van der Waals surface area (Å²) in [5.41, 5.74) is 5.91. The molecule has 13 heteroatoms. The number of hydrogen-bond donors (Lipinski definition) is 1. The van der Waals surface area contributed by atoms with Gasteiger partial charge in [-0.05, 0) is 142 Å². The molecule has 2 fully saturated rings. The number of carbonyl (C=O) groups is 3. The Hall–Kier alpha value is -5.69. The maximum Gasteiger partial charge on any atom is 0.677 e. The minimum Gasteiger partial charge on any atom is -0.339 e. The Morgan fingerprint density at radius 1 is 0.897 bits per heavy atom. The summed E-state index contributed by atoms with van der Waals surface area (Å²) in [6.45, 7) is 6.94. The molecule has 1 aromatic heterocycles. The number of hydrogen-bond acceptors (Lipinski definition) is 6. The lowest BCUT2D eigenvalue weighted by Gasteiger charge is -2.43. The number of Topliss-reactive ketones (excluding diaryl/α,β-unsaturated/α-hetero) is 1. The standard InChI is InChI=1S/C45H48BF3N6O3/c1-32-30-55(46(48)49)41(33(32)2)29-39-19-18-37(50-39)20-21-43(57)51-38-16-10-34(11-17-38)22-26-53-31-54(40-7-4-3-5-8-40)45(44(53)58)23-27-52(28-24-45)25-6-9-42(56)35-12-14-36(47)15-13-35/h3-5,7-8,10-19,29-30H,6,9,20-28,31H2,1-2H3,(H,51,57)/b39-29-. The lowest BCUT2D eigenvalue weighted by Crippen LogP contribution is -2.56. The number of anilines is 2. The van der Waals surface area contributed by atoms with Crippen molar-refractivity contribution in [2.45, 2.75) is 64.3 Å². The van der Waals surface area contributed by atoms with Crippen molar-refractivity contribution in [1.29, 1.82) is 0 Å². The van der Waals surface area contributed by atoms with Gasteiger partial charge in [-0.2, -0.15) is 0 Å². The van der Waals surface area contributed by atoms with Crippen molar-refractivity contribution in [3.63, 3.8) is 0 Å². The van der Waals surface area contributed by atoms with Crippen LogP contribution in [-0.2, 0) is 16.0 Å². The quantitative estimate of drug-likeness (QED) is 0.0972. The summed E-state index contributed by atoms with van der Waals surface area (Å²) in [4.78, 5) is 50.8. The molecule has 2 saturated heterocycles. The van der Waals surface area contributed by atoms with Gasteiger partial charge < -0.3 is 24.5 Å². The van der Waals surface area contributed by atoms with Crippen molar-refractivity contribution >= 4 is 48.2 Å². The van der Waals surface area contributed by atoms with E-state index >= 15 is 0 Å². The molecule has 0 aliphatic carbocycles. The number of ketones is 1. The highest BCUT2D eigenvalue weighted by Gasteiger charge is 2.53. The fraction of sp³-hybridized carbons (Fsp3) is 0.333. The zero-order valence-corrected chi connectivity index (χ0v) is 33.0. The molecular weight excluding hydrogens is 740 g/mol. The molecule has 4 aromatic rings. The largest absolute Gasteiger partial charge is 0.677 e. The van der Waals surface area contributed by atoms with Crippen molar-refractivity contribution in [3.05, 3.63) is 137 Å². The van der Waals surface area contributed by atoms with Crippen LogP contribution in [0.1, 0.15) is 71.3 Å². The first-order chi connectivity index (χ1) is 28.0. The molecule has 7 rings (SSSR count). The fourth-order valence-corrected chi connectivity index (χ4v) is 8.14. The molecule has 300 valence electrons. The number of piperidine rings is 1. The number of rotatable bonds is 15. The minimum absolute atomic E-state index is 0.00749. The van der Waals surface area contributed by atoms with Gasteiger partial charge in [-0.25, -0.2) is 4.39 Å². The number of nitrogens with zero attached hydrogens (tertiary/aromatic N) is 5. The third kappa shape index (κ3) is 9.20. The Kier molecular flexibility index (Phi) is 12.5. The highest BCUT2D eigenvalue weighted by atomic mass is 19.2. The first-order valence-corrected chi connectivity index (χ1v) is 19.9. The van der Waals surface area contributed by atoms with Crippen molar-refractivity contribution in [2.24, 2.45) is 4.99 Å². The van der Waals surface area contributed by atoms with Crippen LogP contribution in [0.3, 0.4) is 0 Å². The van der Waals surface area contributed by atoms with E-state index in [1.165, 1.54) is 30.5 Å². The molecule has 4 heterocycles. The number of aromatic nitrogens is 1. The van der Waals surface area contributed by atoms with Crippen LogP contribution in [0.2, 0.25) is 0 Å². The number of halogens is 3. The van der Waals surface area contributed by atoms with Gasteiger partial charge in [-0.3, -0.25) is 28.0 Å². The van der Waals surface area contributed by atoms with E-state index in [0.29, 0.717) is 80.1 Å². The highest BCUT2D eigenvalue weighted by molar-refractivity contribution is 6.41. The molecule has 2 amide bonds. The molecule has 3 aliphatic rings. The smallest absolute Gasteiger partial charge is 0.339 e. The van der Waals surface area contributed by atoms with Gasteiger partial charge in [0.1, 0.15) is 11.4 Å². The van der Waals surface area contributed by atoms with Crippen LogP contribution in [-0.4, -0.2) is 83.4 Å². The molecule has 58 heavy (non-hydrogen) atoms. The summed E-state index contributed by atoms with van der Waals surface area (Å²) in [5, 5.41) is 2.95. The Balaban J connectivity index is 0.893. The molecule has 1 spiro atoms. The fourth-order valence-electron chi connectivity index (χ4n) is 8.14. The van der Waals surface area contributed by atoms with E-state index in [1.807, 2.05) is 60.4 Å². The van der Waals surface area contributed by atoms with Crippen molar-refractivity contribution in [2.75, 3.05) is 43.1 Å². The van der Waals surface area contributed by atoms with E-state index in [2.05, 4.69) is 32.2 Å². The summed E-state index contributed by atoms with van der Waals surface area (Å²) in [5.74, 6) is -0.362. The number of likely N-dealkylation sites (tertiary alicyclic amines) is 1. The maximum atomic E-state index is 14.3. The van der Waals surface area contributed by atoms with Gasteiger partial charge in [0.2, 0.25) is 11.8 Å². The second-order valence-electron chi connectivity index (χ2n) is 15.4. The number of amides is 2. The van der Waals surface area contributed by atoms with E-state index in [1.54, 1.807) is 19.1 Å². The van der Waals surface area contributed by atoms with Gasteiger partial charge in [-0.1, -0.05) is 30.3 Å². The molecule has 9 nitrogen and oxygen atoms in total. The molecule has 3 aliphatic heterocycles. The minimum atomic E-state index is -2.64. The first-order valence-electron chi connectivity index (χ1n) is 19.9. The third-order valence-electron chi connectivity index (χ3n) is 11.6. The second-order valence-corrected chi connectivity index (χ2v) is 15.4. The second kappa shape index (κ2) is 17.8. The molecule has 0 unspecified atom stereocenters. The number of aliphatic imine (C=N–C) groups is 1. The monoisotopic (exact) mass is 788 g/mol. The van der Waals surface area contributed by atoms with Crippen LogP contribution in [0.5, 0.6) is 0 Å². The Labute approximate surface area is 338 Å². The summed E-state index contributed by atoms with van der Waals surface area (Å²) in [7, 11) is -2.64. The topological polar surface area (TPSA) is 90.3 Å². The van der Waals surface area contributed by atoms with E-state index < -0.39 is 12.9 Å². The number of para-hydroxylation sites is 1. The van der Waals surface area contributed by atoms with Gasteiger partial charge in [0, 0.05) is 60.8 Å². The molecule has 0 atom stereocenters. The highest BCUT2D eigenvalue weighted by Crippen LogP contribution is 2.39. The van der Waals surface area contributed by atoms with Crippen molar-refractivity contribution in [1.82, 2.24) is 14.3 Å². The predicted octanol–water partition coefficient (Wildman–Crippen LogP) is 8.13. The first kappa shape index (κ1) is 40.5. The molecule has 1 N–H and O–H groups in total. The van der Waals surface area contributed by atoms with Crippen molar-refractivity contribution < 1.29 is 27.4 Å². The summed E-state index contributed by atoms with van der Waals surface area (Å²) in [6, 6.07) is 23.5. The number of allylic oxidation sites excluding steroid dienone is 2. The molecule has 0 saturated carbocycles. The number of carbonyl (C=O) groups excluding carboxylic acids is 3. The van der Waals surface area contributed by atoms with Gasteiger partial charge >= 0.3 is 7.40 Å². The zero-order chi connectivity index (χ0) is 40.8. The van der Waals surface area contributed by atoms with Gasteiger partial charge in [0.05, 0.1) is 12.4 Å². The molecule has 3 aromatic carbocycles. The van der Waals surface area contributed by atoms with Crippen LogP contribution >= 0.6 is 0 Å². The SMILES string of the molecule is Cc1cn(B(F)F)c(/C=C2/C=CC(CCC(=O)Nc3ccc(CCN4CN(c5ccccc5)C5(CCN(CCCC(=O)c6ccc(F)cc6)CC5)C4=O)cc3)=N2)c1C. The van der Waals surface area contributed by atoms with E-state index in [-0.39, 0.29) is 29.8 Å². The average Bonchev–Trinajstić information content (AvgIpc) is 3.88. The van der Waals surface area contributed by atoms with Gasteiger partial charge in [0.15, 0.2) is 5.78 Å². The van der Waals surface area contributed by atoms with Crippen molar-refractivity contribution in [3.8, 4) is 0 Å². The van der Waals surface area contributed by atoms with Crippen LogP contribution in [0.25, 0.3) is 6.08 Å². The average molecular weight is 789 g/mol. The normalized spacial score (nSPS) is 17.1. The summed E-state index contributed by atoms with van der Waals surface area (Å²) >= 11 is 0. The van der Waals surface area contributed by atoms with Crippen LogP contribution in [0, 0.1) is 19.7 Å². The summed E-state index contributed by atoms with van der Waals surface area (Å²) in [6.07, 6.45) is 10.4. The lowest BCUT2D eigenvalue weighted by molar-refractivity contribution is -0.133. The molecular formula is C45H48BF3N6O3. The number of aryl methyl sites for hydroxylation is 1. The molecule has 0 radical (unpaired) electrons. The zero-order valence-electron chi connectivity index (χ0n) is 33.0. The lowest BCUT2D eigenvalue weighted by atomic mass is 9.85. The maximum absolute atomic E-state index is 14.3. The van der Waals surface area contributed by atoms with E-state index in [4.69, 9.17) is 0 Å². The van der Waals surface area contributed by atoms with Gasteiger partial charge in [-0.15, -0.1) is 0 Å². The molecule has 0 bridgehead atoms. The van der Waals surface area contributed by atoms with Crippen LogP contribution in [0.4, 0.5) is 24.4 Å². The Morgan fingerprint density at radius 3 is 2.33 bits per heavy atom. The number of benzene rings is 3. The van der Waals surface area contributed by atoms with Gasteiger partial charge in [0.25, 0.3) is 0 Å². The predicted molar refractivity (Wildman–Crippen MR) is 224 cm³/mol. The Morgan fingerprint density at radius 2 is 1.62 bits per heavy atom. The number of nitrogens with one attached hydrogen (secondary N) is 1. The van der Waals surface area contributed by atoms with Crippen LogP contribution in [0.15, 0.2) is 108 Å².